The predicted molar refractivity (Wildman–Crippen MR) is 103 cm³/mol. The van der Waals surface area contributed by atoms with Crippen LogP contribution in [0.5, 0.6) is 0 Å². The van der Waals surface area contributed by atoms with Crippen molar-refractivity contribution >= 4 is 23.0 Å². The molecule has 0 saturated carbocycles. The Kier molecular flexibility index (Phi) is 4.80. The van der Waals surface area contributed by atoms with E-state index in [9.17, 15) is 4.79 Å². The highest BCUT2D eigenvalue weighted by Crippen LogP contribution is 2.23. The lowest BCUT2D eigenvalue weighted by molar-refractivity contribution is 0.102. The molecule has 0 spiro atoms. The maximum Gasteiger partial charge on any atom is 0.274 e. The molecule has 25 heavy (non-hydrogen) atoms. The first-order valence-corrected chi connectivity index (χ1v) is 8.20. The summed E-state index contributed by atoms with van der Waals surface area (Å²) in [4.78, 5) is 16.6. The minimum atomic E-state index is -0.228. The fraction of sp³-hybridized carbons (Fsp3) is 0.143. The van der Waals surface area contributed by atoms with Crippen LogP contribution < -0.4 is 10.6 Å². The number of aromatic nitrogens is 1. The SMILES string of the molecule is Cc1ccc(NC(=O)c2cc(Nc3cccc(C)c3C)ccn2)cc1. The second-order valence-electron chi connectivity index (χ2n) is 6.12. The summed E-state index contributed by atoms with van der Waals surface area (Å²) >= 11 is 0. The maximum absolute atomic E-state index is 12.4. The van der Waals surface area contributed by atoms with Crippen LogP contribution in [-0.2, 0) is 0 Å². The van der Waals surface area contributed by atoms with Crippen LogP contribution in [0.4, 0.5) is 17.1 Å². The van der Waals surface area contributed by atoms with Crippen molar-refractivity contribution in [2.75, 3.05) is 10.6 Å². The Balaban J connectivity index is 1.77. The second kappa shape index (κ2) is 7.18. The van der Waals surface area contributed by atoms with E-state index in [4.69, 9.17) is 0 Å². The van der Waals surface area contributed by atoms with Gasteiger partial charge in [-0.15, -0.1) is 0 Å². The molecule has 2 N–H and O–H groups in total. The van der Waals surface area contributed by atoms with E-state index in [1.807, 2.05) is 49.4 Å². The third-order valence-electron chi connectivity index (χ3n) is 4.19. The molecule has 1 heterocycles. The third kappa shape index (κ3) is 4.04. The minimum Gasteiger partial charge on any atom is -0.355 e. The topological polar surface area (TPSA) is 54.0 Å². The number of hydrogen-bond donors (Lipinski definition) is 2. The monoisotopic (exact) mass is 331 g/mol. The molecule has 0 radical (unpaired) electrons. The Morgan fingerprint density at radius 1 is 0.920 bits per heavy atom. The van der Waals surface area contributed by atoms with Crippen LogP contribution in [0.15, 0.2) is 60.8 Å². The molecule has 4 heteroatoms. The number of nitrogens with zero attached hydrogens (tertiary/aromatic N) is 1. The number of hydrogen-bond acceptors (Lipinski definition) is 3. The molecule has 0 atom stereocenters. The second-order valence-corrected chi connectivity index (χ2v) is 6.12. The lowest BCUT2D eigenvalue weighted by Gasteiger charge is -2.12. The molecular formula is C21H21N3O. The highest BCUT2D eigenvalue weighted by Gasteiger charge is 2.09. The number of carbonyl (C=O) groups excluding carboxylic acids is 1. The van der Waals surface area contributed by atoms with Crippen molar-refractivity contribution < 1.29 is 4.79 Å². The molecule has 0 saturated heterocycles. The van der Waals surface area contributed by atoms with Crippen molar-refractivity contribution in [3.05, 3.63) is 83.2 Å². The lowest BCUT2D eigenvalue weighted by Crippen LogP contribution is -2.13. The van der Waals surface area contributed by atoms with Crippen LogP contribution in [0, 0.1) is 20.8 Å². The zero-order chi connectivity index (χ0) is 17.8. The molecule has 3 aromatic rings. The highest BCUT2D eigenvalue weighted by molar-refractivity contribution is 6.03. The number of carbonyl (C=O) groups is 1. The van der Waals surface area contributed by atoms with Gasteiger partial charge in [0.25, 0.3) is 5.91 Å². The molecule has 0 fully saturated rings. The number of anilines is 3. The molecule has 0 aliphatic carbocycles. The Labute approximate surface area is 147 Å². The van der Waals surface area contributed by atoms with Crippen LogP contribution in [0.1, 0.15) is 27.2 Å². The summed E-state index contributed by atoms with van der Waals surface area (Å²) in [5.41, 5.74) is 6.53. The van der Waals surface area contributed by atoms with Gasteiger partial charge >= 0.3 is 0 Å². The van der Waals surface area contributed by atoms with Crippen LogP contribution in [0.25, 0.3) is 0 Å². The average molecular weight is 331 g/mol. The van der Waals surface area contributed by atoms with E-state index >= 15 is 0 Å². The molecule has 0 aliphatic rings. The van der Waals surface area contributed by atoms with Gasteiger partial charge in [0.05, 0.1) is 0 Å². The van der Waals surface area contributed by atoms with Gasteiger partial charge in [-0.25, -0.2) is 0 Å². The third-order valence-corrected chi connectivity index (χ3v) is 4.19. The molecule has 1 amide bonds. The van der Waals surface area contributed by atoms with E-state index in [1.165, 1.54) is 11.1 Å². The average Bonchev–Trinajstić information content (AvgIpc) is 2.61. The van der Waals surface area contributed by atoms with Gasteiger partial charge in [0, 0.05) is 23.3 Å². The van der Waals surface area contributed by atoms with Gasteiger partial charge in [0.2, 0.25) is 0 Å². The summed E-state index contributed by atoms with van der Waals surface area (Å²) in [6.07, 6.45) is 1.64. The molecule has 126 valence electrons. The van der Waals surface area contributed by atoms with Crippen molar-refractivity contribution in [1.29, 1.82) is 0 Å². The van der Waals surface area contributed by atoms with Crippen LogP contribution in [-0.4, -0.2) is 10.9 Å². The number of nitrogens with one attached hydrogen (secondary N) is 2. The molecular weight excluding hydrogens is 310 g/mol. The fourth-order valence-corrected chi connectivity index (χ4v) is 2.51. The van der Waals surface area contributed by atoms with Crippen LogP contribution in [0.2, 0.25) is 0 Å². The maximum atomic E-state index is 12.4. The zero-order valence-electron chi connectivity index (χ0n) is 14.6. The van der Waals surface area contributed by atoms with E-state index in [-0.39, 0.29) is 5.91 Å². The number of benzene rings is 2. The standard InChI is InChI=1S/C21H21N3O/c1-14-7-9-17(10-8-14)24-21(25)20-13-18(11-12-22-20)23-19-6-4-5-15(2)16(19)3/h4-13H,1-3H3,(H,22,23)(H,24,25). The molecule has 0 aliphatic heterocycles. The van der Waals surface area contributed by atoms with Crippen molar-refractivity contribution in [2.45, 2.75) is 20.8 Å². The number of amides is 1. The molecule has 4 nitrogen and oxygen atoms in total. The van der Waals surface area contributed by atoms with Gasteiger partial charge in [0.1, 0.15) is 5.69 Å². The molecule has 0 unspecified atom stereocenters. The molecule has 0 bridgehead atoms. The van der Waals surface area contributed by atoms with E-state index in [1.54, 1.807) is 12.3 Å². The van der Waals surface area contributed by atoms with Crippen LogP contribution in [0.3, 0.4) is 0 Å². The number of pyridine rings is 1. The summed E-state index contributed by atoms with van der Waals surface area (Å²) in [6, 6.07) is 17.4. The van der Waals surface area contributed by atoms with E-state index in [0.717, 1.165) is 22.6 Å². The quantitative estimate of drug-likeness (QED) is 0.707. The zero-order valence-corrected chi connectivity index (χ0v) is 14.6. The summed E-state index contributed by atoms with van der Waals surface area (Å²) in [6.45, 7) is 6.16. The summed E-state index contributed by atoms with van der Waals surface area (Å²) < 4.78 is 0. The first kappa shape index (κ1) is 16.7. The molecule has 2 aromatic carbocycles. The van der Waals surface area contributed by atoms with Crippen LogP contribution >= 0.6 is 0 Å². The van der Waals surface area contributed by atoms with E-state index in [0.29, 0.717) is 5.69 Å². The van der Waals surface area contributed by atoms with E-state index in [2.05, 4.69) is 35.5 Å². The largest absolute Gasteiger partial charge is 0.355 e. The van der Waals surface area contributed by atoms with Gasteiger partial charge in [-0.05, 0) is 62.2 Å². The van der Waals surface area contributed by atoms with Crippen molar-refractivity contribution in [1.82, 2.24) is 4.98 Å². The lowest BCUT2D eigenvalue weighted by atomic mass is 10.1. The molecule has 1 aromatic heterocycles. The van der Waals surface area contributed by atoms with Gasteiger partial charge < -0.3 is 10.6 Å². The number of aryl methyl sites for hydroxylation is 2. The Morgan fingerprint density at radius 3 is 2.44 bits per heavy atom. The fourth-order valence-electron chi connectivity index (χ4n) is 2.51. The van der Waals surface area contributed by atoms with Gasteiger partial charge in [0.15, 0.2) is 0 Å². The molecule has 3 rings (SSSR count). The minimum absolute atomic E-state index is 0.228. The Hall–Kier alpha value is -3.14. The smallest absolute Gasteiger partial charge is 0.274 e. The van der Waals surface area contributed by atoms with Crippen molar-refractivity contribution in [2.24, 2.45) is 0 Å². The predicted octanol–water partition coefficient (Wildman–Crippen LogP) is 5.00. The Morgan fingerprint density at radius 2 is 1.68 bits per heavy atom. The highest BCUT2D eigenvalue weighted by atomic mass is 16.1. The first-order chi connectivity index (χ1) is 12.0. The first-order valence-electron chi connectivity index (χ1n) is 8.20. The number of rotatable bonds is 4. The summed E-state index contributed by atoms with van der Waals surface area (Å²) in [5.74, 6) is -0.228. The van der Waals surface area contributed by atoms with Gasteiger partial charge in [-0.2, -0.15) is 0 Å². The van der Waals surface area contributed by atoms with Crippen molar-refractivity contribution in [3.63, 3.8) is 0 Å². The van der Waals surface area contributed by atoms with Crippen molar-refractivity contribution in [3.8, 4) is 0 Å². The van der Waals surface area contributed by atoms with Gasteiger partial charge in [-0.3, -0.25) is 9.78 Å². The van der Waals surface area contributed by atoms with E-state index < -0.39 is 0 Å². The Bertz CT molecular complexity index is 901. The summed E-state index contributed by atoms with van der Waals surface area (Å²) in [5, 5.41) is 6.23. The normalized spacial score (nSPS) is 10.4. The van der Waals surface area contributed by atoms with Gasteiger partial charge in [-0.1, -0.05) is 29.8 Å². The summed E-state index contributed by atoms with van der Waals surface area (Å²) in [7, 11) is 0.